The zero-order valence-corrected chi connectivity index (χ0v) is 13.4. The van der Waals surface area contributed by atoms with Crippen molar-refractivity contribution in [3.05, 3.63) is 29.8 Å². The highest BCUT2D eigenvalue weighted by atomic mass is 16.5. The molecule has 1 aliphatic heterocycles. The van der Waals surface area contributed by atoms with E-state index < -0.39 is 0 Å². The molecule has 1 aromatic carbocycles. The molecule has 1 fully saturated rings. The van der Waals surface area contributed by atoms with E-state index in [0.29, 0.717) is 0 Å². The average molecular weight is 292 g/mol. The van der Waals surface area contributed by atoms with Crippen molar-refractivity contribution in [1.82, 2.24) is 5.32 Å². The molecule has 2 unspecified atom stereocenters. The van der Waals surface area contributed by atoms with Crippen molar-refractivity contribution in [3.63, 3.8) is 0 Å². The Kier molecular flexibility index (Phi) is 5.62. The van der Waals surface area contributed by atoms with Gasteiger partial charge < -0.3 is 20.1 Å². The SMILES string of the molecule is CC(NCC1(CCO)CCOC1)c1ccccc1N(C)C. The predicted molar refractivity (Wildman–Crippen MR) is 86.8 cm³/mol. The Morgan fingerprint density at radius 3 is 2.76 bits per heavy atom. The van der Waals surface area contributed by atoms with Crippen molar-refractivity contribution in [2.75, 3.05) is 45.4 Å². The Morgan fingerprint density at radius 1 is 1.38 bits per heavy atom. The van der Waals surface area contributed by atoms with Gasteiger partial charge in [0.1, 0.15) is 0 Å². The zero-order valence-electron chi connectivity index (χ0n) is 13.4. The molecule has 0 radical (unpaired) electrons. The number of rotatable bonds is 7. The molecule has 2 N–H and O–H groups in total. The highest BCUT2D eigenvalue weighted by Crippen LogP contribution is 2.33. The summed E-state index contributed by atoms with van der Waals surface area (Å²) in [6, 6.07) is 8.76. The second-order valence-electron chi connectivity index (χ2n) is 6.33. The van der Waals surface area contributed by atoms with Crippen LogP contribution >= 0.6 is 0 Å². The lowest BCUT2D eigenvalue weighted by molar-refractivity contribution is 0.122. The molecule has 0 bridgehead atoms. The highest BCUT2D eigenvalue weighted by Gasteiger charge is 2.34. The molecule has 2 atom stereocenters. The molecule has 0 aromatic heterocycles. The number of para-hydroxylation sites is 1. The summed E-state index contributed by atoms with van der Waals surface area (Å²) in [6.07, 6.45) is 1.84. The first kappa shape index (κ1) is 16.3. The first-order valence-electron chi connectivity index (χ1n) is 7.76. The molecule has 0 aliphatic carbocycles. The summed E-state index contributed by atoms with van der Waals surface area (Å²) < 4.78 is 5.55. The van der Waals surface area contributed by atoms with Crippen LogP contribution in [0.5, 0.6) is 0 Å². The van der Waals surface area contributed by atoms with E-state index in [1.54, 1.807) is 0 Å². The molecular weight excluding hydrogens is 264 g/mol. The predicted octanol–water partition coefficient (Wildman–Crippen LogP) is 2.19. The van der Waals surface area contributed by atoms with Gasteiger partial charge in [0.25, 0.3) is 0 Å². The molecule has 0 spiro atoms. The van der Waals surface area contributed by atoms with Crippen molar-refractivity contribution in [3.8, 4) is 0 Å². The molecule has 21 heavy (non-hydrogen) atoms. The van der Waals surface area contributed by atoms with Crippen molar-refractivity contribution >= 4 is 5.69 Å². The minimum absolute atomic E-state index is 0.0933. The maximum Gasteiger partial charge on any atom is 0.0536 e. The number of aliphatic hydroxyl groups excluding tert-OH is 1. The molecule has 1 aliphatic rings. The number of aliphatic hydroxyl groups is 1. The van der Waals surface area contributed by atoms with E-state index >= 15 is 0 Å². The third-order valence-corrected chi connectivity index (χ3v) is 4.50. The number of nitrogens with one attached hydrogen (secondary N) is 1. The second kappa shape index (κ2) is 7.25. The fourth-order valence-corrected chi connectivity index (χ4v) is 3.05. The van der Waals surface area contributed by atoms with Crippen LogP contribution in [0.3, 0.4) is 0 Å². The quantitative estimate of drug-likeness (QED) is 0.808. The lowest BCUT2D eigenvalue weighted by Gasteiger charge is -2.30. The third kappa shape index (κ3) is 3.96. The fraction of sp³-hybridized carbons (Fsp3) is 0.647. The lowest BCUT2D eigenvalue weighted by atomic mass is 9.83. The summed E-state index contributed by atoms with van der Waals surface area (Å²) in [7, 11) is 4.15. The van der Waals surface area contributed by atoms with E-state index in [4.69, 9.17) is 4.74 Å². The maximum absolute atomic E-state index is 9.30. The summed E-state index contributed by atoms with van der Waals surface area (Å²) in [4.78, 5) is 2.15. The van der Waals surface area contributed by atoms with Crippen LogP contribution in [-0.2, 0) is 4.74 Å². The van der Waals surface area contributed by atoms with Gasteiger partial charge in [-0.25, -0.2) is 0 Å². The van der Waals surface area contributed by atoms with Crippen LogP contribution in [0.15, 0.2) is 24.3 Å². The van der Waals surface area contributed by atoms with Crippen molar-refractivity contribution in [2.24, 2.45) is 5.41 Å². The van der Waals surface area contributed by atoms with E-state index in [1.165, 1.54) is 11.3 Å². The maximum atomic E-state index is 9.30. The van der Waals surface area contributed by atoms with Crippen LogP contribution in [0.2, 0.25) is 0 Å². The second-order valence-corrected chi connectivity index (χ2v) is 6.33. The smallest absolute Gasteiger partial charge is 0.0536 e. The Hall–Kier alpha value is -1.10. The molecule has 118 valence electrons. The van der Waals surface area contributed by atoms with Gasteiger partial charge in [-0.15, -0.1) is 0 Å². The van der Waals surface area contributed by atoms with Gasteiger partial charge in [-0.3, -0.25) is 0 Å². The molecule has 1 saturated heterocycles. The van der Waals surface area contributed by atoms with Gasteiger partial charge in [0.2, 0.25) is 0 Å². The zero-order chi connectivity index (χ0) is 15.3. The van der Waals surface area contributed by atoms with E-state index in [9.17, 15) is 5.11 Å². The minimum atomic E-state index is 0.0933. The molecule has 4 heteroatoms. The molecule has 0 amide bonds. The summed E-state index contributed by atoms with van der Waals surface area (Å²) in [5.74, 6) is 0. The summed E-state index contributed by atoms with van der Waals surface area (Å²) in [5.41, 5.74) is 2.65. The number of benzene rings is 1. The minimum Gasteiger partial charge on any atom is -0.396 e. The highest BCUT2D eigenvalue weighted by molar-refractivity contribution is 5.53. The van der Waals surface area contributed by atoms with Crippen LogP contribution in [0.1, 0.15) is 31.4 Å². The molecule has 1 aromatic rings. The van der Waals surface area contributed by atoms with Crippen LogP contribution in [0, 0.1) is 5.41 Å². The summed E-state index contributed by atoms with van der Waals surface area (Å²) in [5, 5.41) is 12.9. The monoisotopic (exact) mass is 292 g/mol. The average Bonchev–Trinajstić information content (AvgIpc) is 2.94. The molecule has 4 nitrogen and oxygen atoms in total. The number of nitrogens with zero attached hydrogens (tertiary/aromatic N) is 1. The van der Waals surface area contributed by atoms with E-state index in [0.717, 1.165) is 32.6 Å². The van der Waals surface area contributed by atoms with Gasteiger partial charge in [0.05, 0.1) is 6.61 Å². The number of anilines is 1. The summed E-state index contributed by atoms with van der Waals surface area (Å²) >= 11 is 0. The molecule has 2 rings (SSSR count). The number of hydrogen-bond donors (Lipinski definition) is 2. The Labute approximate surface area is 128 Å². The number of ether oxygens (including phenoxy) is 1. The Morgan fingerprint density at radius 2 is 2.14 bits per heavy atom. The van der Waals surface area contributed by atoms with Crippen LogP contribution in [0.25, 0.3) is 0 Å². The number of hydrogen-bond acceptors (Lipinski definition) is 4. The Balaban J connectivity index is 2.03. The van der Waals surface area contributed by atoms with Gasteiger partial charge in [-0.05, 0) is 31.4 Å². The fourth-order valence-electron chi connectivity index (χ4n) is 3.05. The topological polar surface area (TPSA) is 44.7 Å². The normalized spacial score (nSPS) is 23.2. The van der Waals surface area contributed by atoms with Crippen LogP contribution in [0.4, 0.5) is 5.69 Å². The van der Waals surface area contributed by atoms with E-state index in [1.807, 2.05) is 0 Å². The van der Waals surface area contributed by atoms with Crippen LogP contribution in [-0.4, -0.2) is 45.6 Å². The third-order valence-electron chi connectivity index (χ3n) is 4.50. The molecule has 0 saturated carbocycles. The van der Waals surface area contributed by atoms with Crippen molar-refractivity contribution in [1.29, 1.82) is 0 Å². The van der Waals surface area contributed by atoms with Crippen molar-refractivity contribution < 1.29 is 9.84 Å². The van der Waals surface area contributed by atoms with Crippen LogP contribution < -0.4 is 10.2 Å². The van der Waals surface area contributed by atoms with Gasteiger partial charge in [-0.2, -0.15) is 0 Å². The first-order chi connectivity index (χ1) is 10.1. The van der Waals surface area contributed by atoms with Gasteiger partial charge in [0, 0.05) is 51.0 Å². The summed E-state index contributed by atoms with van der Waals surface area (Å²) in [6.45, 7) is 4.88. The van der Waals surface area contributed by atoms with E-state index in [2.05, 4.69) is 55.5 Å². The standard InChI is InChI=1S/C17H28N2O2/c1-14(15-6-4-5-7-16(15)19(2)3)18-12-17(8-10-20)9-11-21-13-17/h4-7,14,18,20H,8-13H2,1-3H3. The first-order valence-corrected chi connectivity index (χ1v) is 7.76. The molecule has 1 heterocycles. The van der Waals surface area contributed by atoms with Gasteiger partial charge in [0.15, 0.2) is 0 Å². The van der Waals surface area contributed by atoms with Crippen molar-refractivity contribution in [2.45, 2.75) is 25.8 Å². The Bertz CT molecular complexity index is 442. The van der Waals surface area contributed by atoms with Gasteiger partial charge in [-0.1, -0.05) is 18.2 Å². The van der Waals surface area contributed by atoms with Gasteiger partial charge >= 0.3 is 0 Å². The lowest BCUT2D eigenvalue weighted by Crippen LogP contribution is -2.37. The largest absolute Gasteiger partial charge is 0.396 e. The molecular formula is C17H28N2O2. The van der Waals surface area contributed by atoms with E-state index in [-0.39, 0.29) is 18.1 Å².